The van der Waals surface area contributed by atoms with E-state index < -0.39 is 5.97 Å². The second-order valence-electron chi connectivity index (χ2n) is 6.94. The van der Waals surface area contributed by atoms with Crippen molar-refractivity contribution >= 4 is 11.7 Å². The van der Waals surface area contributed by atoms with Crippen molar-refractivity contribution in [2.45, 2.75) is 41.2 Å². The van der Waals surface area contributed by atoms with E-state index in [2.05, 4.69) is 45.1 Å². The number of aryl methyl sites for hydroxylation is 3. The van der Waals surface area contributed by atoms with E-state index in [1.807, 2.05) is 13.0 Å². The lowest BCUT2D eigenvalue weighted by atomic mass is 10.1. The van der Waals surface area contributed by atoms with Crippen LogP contribution in [0.25, 0.3) is 0 Å². The van der Waals surface area contributed by atoms with Crippen molar-refractivity contribution in [2.75, 3.05) is 11.9 Å². The Balaban J connectivity index is 2.19. The topological polar surface area (TPSA) is 58.6 Å². The smallest absolute Gasteiger partial charge is 0.335 e. The Morgan fingerprint density at radius 3 is 2.36 bits per heavy atom. The molecule has 0 aliphatic rings. The van der Waals surface area contributed by atoms with Gasteiger partial charge in [-0.3, -0.25) is 0 Å². The molecule has 0 heterocycles. The van der Waals surface area contributed by atoms with Gasteiger partial charge in [0.25, 0.3) is 0 Å². The third kappa shape index (κ3) is 4.99. The molecule has 134 valence electrons. The fraction of sp³-hybridized carbons (Fsp3) is 0.381. The molecular formula is C21H27NO3. The third-order valence-corrected chi connectivity index (χ3v) is 4.27. The normalized spacial score (nSPS) is 10.8. The minimum Gasteiger partial charge on any atom is -0.487 e. The number of hydrogen-bond donors (Lipinski definition) is 2. The maximum atomic E-state index is 11.0. The van der Waals surface area contributed by atoms with Crippen molar-refractivity contribution in [2.24, 2.45) is 5.92 Å². The van der Waals surface area contributed by atoms with Gasteiger partial charge in [0, 0.05) is 6.54 Å². The highest BCUT2D eigenvalue weighted by Crippen LogP contribution is 2.29. The lowest BCUT2D eigenvalue weighted by Gasteiger charge is -2.17. The van der Waals surface area contributed by atoms with Gasteiger partial charge >= 0.3 is 5.97 Å². The van der Waals surface area contributed by atoms with E-state index in [4.69, 9.17) is 9.84 Å². The highest BCUT2D eigenvalue weighted by molar-refractivity contribution is 5.87. The number of rotatable bonds is 7. The van der Waals surface area contributed by atoms with E-state index in [1.54, 1.807) is 12.1 Å². The van der Waals surface area contributed by atoms with Gasteiger partial charge in [0.15, 0.2) is 0 Å². The Bertz CT molecular complexity index is 766. The van der Waals surface area contributed by atoms with E-state index in [-0.39, 0.29) is 0 Å². The van der Waals surface area contributed by atoms with Crippen LogP contribution in [0.5, 0.6) is 5.75 Å². The van der Waals surface area contributed by atoms with Crippen molar-refractivity contribution in [1.29, 1.82) is 0 Å². The molecule has 0 saturated carbocycles. The van der Waals surface area contributed by atoms with Crippen LogP contribution in [0.2, 0.25) is 0 Å². The number of aromatic carboxylic acids is 1. The average molecular weight is 341 g/mol. The molecule has 0 spiro atoms. The summed E-state index contributed by atoms with van der Waals surface area (Å²) in [5.41, 5.74) is 5.60. The van der Waals surface area contributed by atoms with Gasteiger partial charge in [-0.05, 0) is 73.2 Å². The summed E-state index contributed by atoms with van der Waals surface area (Å²) in [6.45, 7) is 11.7. The Morgan fingerprint density at radius 1 is 1.08 bits per heavy atom. The second kappa shape index (κ2) is 8.06. The van der Waals surface area contributed by atoms with Crippen LogP contribution >= 0.6 is 0 Å². The zero-order valence-corrected chi connectivity index (χ0v) is 15.6. The van der Waals surface area contributed by atoms with Crippen molar-refractivity contribution in [3.05, 3.63) is 58.1 Å². The van der Waals surface area contributed by atoms with Crippen LogP contribution in [0.1, 0.15) is 46.5 Å². The first-order valence-electron chi connectivity index (χ1n) is 8.58. The predicted molar refractivity (Wildman–Crippen MR) is 102 cm³/mol. The summed E-state index contributed by atoms with van der Waals surface area (Å²) in [4.78, 5) is 11.0. The Morgan fingerprint density at radius 2 is 1.76 bits per heavy atom. The molecule has 0 fully saturated rings. The van der Waals surface area contributed by atoms with Crippen molar-refractivity contribution < 1.29 is 14.6 Å². The summed E-state index contributed by atoms with van der Waals surface area (Å²) in [6.07, 6.45) is 0. The van der Waals surface area contributed by atoms with Gasteiger partial charge < -0.3 is 15.2 Å². The quantitative estimate of drug-likeness (QED) is 0.747. The number of carboxylic acids is 1. The molecule has 4 nitrogen and oxygen atoms in total. The minimum absolute atomic E-state index is 0.298. The lowest BCUT2D eigenvalue weighted by molar-refractivity contribution is 0.0696. The van der Waals surface area contributed by atoms with Crippen molar-refractivity contribution in [3.63, 3.8) is 0 Å². The molecule has 0 aliphatic heterocycles. The summed E-state index contributed by atoms with van der Waals surface area (Å²) < 4.78 is 6.06. The molecule has 2 aromatic rings. The number of nitrogens with one attached hydrogen (secondary N) is 1. The fourth-order valence-electron chi connectivity index (χ4n) is 2.51. The highest BCUT2D eigenvalue weighted by atomic mass is 16.5. The van der Waals surface area contributed by atoms with Crippen LogP contribution in [-0.4, -0.2) is 17.6 Å². The van der Waals surface area contributed by atoms with Crippen LogP contribution in [0, 0.1) is 26.7 Å². The van der Waals surface area contributed by atoms with E-state index in [1.165, 1.54) is 11.1 Å². The number of carbonyl (C=O) groups is 1. The second-order valence-corrected chi connectivity index (χ2v) is 6.94. The Labute approximate surface area is 149 Å². The number of benzene rings is 2. The largest absolute Gasteiger partial charge is 0.487 e. The molecule has 0 radical (unpaired) electrons. The number of hydrogen-bond acceptors (Lipinski definition) is 3. The monoisotopic (exact) mass is 341 g/mol. The van der Waals surface area contributed by atoms with Crippen LogP contribution < -0.4 is 10.1 Å². The van der Waals surface area contributed by atoms with E-state index in [0.717, 1.165) is 29.1 Å². The van der Waals surface area contributed by atoms with Crippen molar-refractivity contribution in [1.82, 2.24) is 0 Å². The summed E-state index contributed by atoms with van der Waals surface area (Å²) in [5.74, 6) is 0.454. The molecule has 0 aliphatic carbocycles. The van der Waals surface area contributed by atoms with E-state index in [0.29, 0.717) is 18.1 Å². The SMILES string of the molecule is Cc1cc(NCC(C)C)c(OCc2ccc(C(=O)O)cc2C)cc1C. The lowest BCUT2D eigenvalue weighted by Crippen LogP contribution is -2.10. The molecule has 0 bridgehead atoms. The van der Waals surface area contributed by atoms with Crippen LogP contribution in [0.4, 0.5) is 5.69 Å². The molecular weight excluding hydrogens is 314 g/mol. The first-order valence-corrected chi connectivity index (χ1v) is 8.58. The Hall–Kier alpha value is -2.49. The van der Waals surface area contributed by atoms with Gasteiger partial charge in [-0.15, -0.1) is 0 Å². The first kappa shape index (κ1) is 18.8. The molecule has 0 unspecified atom stereocenters. The Kier molecular flexibility index (Phi) is 6.07. The van der Waals surface area contributed by atoms with Crippen molar-refractivity contribution in [3.8, 4) is 5.75 Å². The van der Waals surface area contributed by atoms with Gasteiger partial charge in [-0.1, -0.05) is 19.9 Å². The van der Waals surface area contributed by atoms with Gasteiger partial charge in [0.1, 0.15) is 12.4 Å². The minimum atomic E-state index is -0.912. The highest BCUT2D eigenvalue weighted by Gasteiger charge is 2.10. The molecule has 2 rings (SSSR count). The molecule has 2 N–H and O–H groups in total. The average Bonchev–Trinajstić information content (AvgIpc) is 2.54. The predicted octanol–water partition coefficient (Wildman–Crippen LogP) is 4.96. The summed E-state index contributed by atoms with van der Waals surface area (Å²) in [7, 11) is 0. The van der Waals surface area contributed by atoms with E-state index >= 15 is 0 Å². The number of carboxylic acid groups (broad SMARTS) is 1. The molecule has 0 saturated heterocycles. The molecule has 0 aromatic heterocycles. The fourth-order valence-corrected chi connectivity index (χ4v) is 2.51. The maximum absolute atomic E-state index is 11.0. The number of ether oxygens (including phenoxy) is 1. The van der Waals surface area contributed by atoms with Gasteiger partial charge in [-0.2, -0.15) is 0 Å². The van der Waals surface area contributed by atoms with Crippen LogP contribution in [0.15, 0.2) is 30.3 Å². The summed E-state index contributed by atoms with van der Waals surface area (Å²) in [6, 6.07) is 9.29. The van der Waals surface area contributed by atoms with Gasteiger partial charge in [0.05, 0.1) is 11.3 Å². The molecule has 25 heavy (non-hydrogen) atoms. The van der Waals surface area contributed by atoms with Gasteiger partial charge in [0.2, 0.25) is 0 Å². The molecule has 0 amide bonds. The van der Waals surface area contributed by atoms with Gasteiger partial charge in [-0.25, -0.2) is 4.79 Å². The molecule has 4 heteroatoms. The summed E-state index contributed by atoms with van der Waals surface area (Å²) >= 11 is 0. The van der Waals surface area contributed by atoms with Crippen LogP contribution in [-0.2, 0) is 6.61 Å². The first-order chi connectivity index (χ1) is 11.8. The summed E-state index contributed by atoms with van der Waals surface area (Å²) in [5, 5.41) is 12.5. The molecule has 2 aromatic carbocycles. The maximum Gasteiger partial charge on any atom is 0.335 e. The zero-order chi connectivity index (χ0) is 18.6. The standard InChI is InChI=1S/C21H27NO3/c1-13(2)11-22-19-9-14(3)15(4)10-20(19)25-12-18-7-6-17(21(23)24)8-16(18)5/h6-10,13,22H,11-12H2,1-5H3,(H,23,24). The third-order valence-electron chi connectivity index (χ3n) is 4.27. The zero-order valence-electron chi connectivity index (χ0n) is 15.6. The van der Waals surface area contributed by atoms with E-state index in [9.17, 15) is 4.79 Å². The number of anilines is 1. The van der Waals surface area contributed by atoms with Crippen LogP contribution in [0.3, 0.4) is 0 Å². The molecule has 0 atom stereocenters.